The Balaban J connectivity index is 2.40. The van der Waals surface area contributed by atoms with Crippen LogP contribution >= 0.6 is 27.5 Å². The first-order valence-electron chi connectivity index (χ1n) is 6.22. The highest BCUT2D eigenvalue weighted by molar-refractivity contribution is 9.10. The summed E-state index contributed by atoms with van der Waals surface area (Å²) in [5.41, 5.74) is 1.96. The molecule has 0 aliphatic carbocycles. The van der Waals surface area contributed by atoms with Crippen molar-refractivity contribution in [3.8, 4) is 5.69 Å². The molecule has 0 saturated heterocycles. The molecule has 2 rings (SSSR count). The summed E-state index contributed by atoms with van der Waals surface area (Å²) in [6, 6.07) is 5.73. The van der Waals surface area contributed by atoms with Gasteiger partial charge in [-0.1, -0.05) is 25.4 Å². The standard InChI is InChI=1S/C14H17BrClN3/c1-9(2)7-17-14-18-10(3)8-19(14)13-6-11(16)4-5-12(13)15/h4-6,8-9H,7H2,1-3H3,(H,17,18). The van der Waals surface area contributed by atoms with Crippen LogP contribution < -0.4 is 5.32 Å². The second-order valence-electron chi connectivity index (χ2n) is 4.95. The van der Waals surface area contributed by atoms with Crippen LogP contribution in [0.25, 0.3) is 5.69 Å². The molecule has 1 heterocycles. The van der Waals surface area contributed by atoms with Crippen LogP contribution in [0.5, 0.6) is 0 Å². The van der Waals surface area contributed by atoms with Crippen LogP contribution in [0.3, 0.4) is 0 Å². The number of imidazole rings is 1. The van der Waals surface area contributed by atoms with Crippen LogP contribution in [0.1, 0.15) is 19.5 Å². The maximum absolute atomic E-state index is 6.08. The first-order valence-corrected chi connectivity index (χ1v) is 7.39. The van der Waals surface area contributed by atoms with Gasteiger partial charge in [-0.25, -0.2) is 4.98 Å². The van der Waals surface area contributed by atoms with Crippen LogP contribution in [0, 0.1) is 12.8 Å². The minimum Gasteiger partial charge on any atom is -0.355 e. The number of rotatable bonds is 4. The van der Waals surface area contributed by atoms with E-state index >= 15 is 0 Å². The monoisotopic (exact) mass is 341 g/mol. The summed E-state index contributed by atoms with van der Waals surface area (Å²) in [5, 5.41) is 4.07. The van der Waals surface area contributed by atoms with E-state index in [4.69, 9.17) is 11.6 Å². The van der Waals surface area contributed by atoms with Crippen molar-refractivity contribution < 1.29 is 0 Å². The zero-order valence-electron chi connectivity index (χ0n) is 11.2. The maximum atomic E-state index is 6.08. The molecule has 0 aliphatic heterocycles. The van der Waals surface area contributed by atoms with E-state index in [9.17, 15) is 0 Å². The number of benzene rings is 1. The van der Waals surface area contributed by atoms with Gasteiger partial charge in [0, 0.05) is 22.2 Å². The number of aryl methyl sites for hydroxylation is 1. The second-order valence-corrected chi connectivity index (χ2v) is 6.24. The lowest BCUT2D eigenvalue weighted by Gasteiger charge is -2.12. The van der Waals surface area contributed by atoms with E-state index < -0.39 is 0 Å². The molecule has 0 fully saturated rings. The molecular weight excluding hydrogens is 326 g/mol. The lowest BCUT2D eigenvalue weighted by molar-refractivity contribution is 0.683. The van der Waals surface area contributed by atoms with Crippen LogP contribution in [-0.4, -0.2) is 16.1 Å². The molecule has 5 heteroatoms. The summed E-state index contributed by atoms with van der Waals surface area (Å²) in [7, 11) is 0. The molecule has 102 valence electrons. The molecule has 19 heavy (non-hydrogen) atoms. The molecule has 1 aromatic carbocycles. The van der Waals surface area contributed by atoms with Gasteiger partial charge >= 0.3 is 0 Å². The lowest BCUT2D eigenvalue weighted by atomic mass is 10.2. The fraction of sp³-hybridized carbons (Fsp3) is 0.357. The zero-order valence-corrected chi connectivity index (χ0v) is 13.6. The first-order chi connectivity index (χ1) is 8.97. The maximum Gasteiger partial charge on any atom is 0.207 e. The number of nitrogens with one attached hydrogen (secondary N) is 1. The molecule has 1 aromatic heterocycles. The number of hydrogen-bond acceptors (Lipinski definition) is 2. The molecule has 2 aromatic rings. The molecule has 3 nitrogen and oxygen atoms in total. The molecule has 0 amide bonds. The van der Waals surface area contributed by atoms with Gasteiger partial charge in [0.1, 0.15) is 0 Å². The SMILES string of the molecule is Cc1cn(-c2cc(Cl)ccc2Br)c(NCC(C)C)n1. The van der Waals surface area contributed by atoms with Gasteiger partial charge in [0.05, 0.1) is 11.4 Å². The molecule has 0 saturated carbocycles. The fourth-order valence-corrected chi connectivity index (χ4v) is 2.38. The highest BCUT2D eigenvalue weighted by atomic mass is 79.9. The van der Waals surface area contributed by atoms with Gasteiger partial charge in [-0.05, 0) is 47.0 Å². The smallest absolute Gasteiger partial charge is 0.207 e. The van der Waals surface area contributed by atoms with Gasteiger partial charge in [0.25, 0.3) is 0 Å². The first kappa shape index (κ1) is 14.4. The highest BCUT2D eigenvalue weighted by Crippen LogP contribution is 2.27. The van der Waals surface area contributed by atoms with Crippen molar-refractivity contribution in [3.05, 3.63) is 39.6 Å². The normalized spacial score (nSPS) is 11.1. The topological polar surface area (TPSA) is 29.9 Å². The third kappa shape index (κ3) is 3.51. The van der Waals surface area contributed by atoms with Crippen molar-refractivity contribution >= 4 is 33.5 Å². The molecular formula is C14H17BrClN3. The van der Waals surface area contributed by atoms with Gasteiger partial charge in [-0.3, -0.25) is 4.57 Å². The molecule has 0 bridgehead atoms. The van der Waals surface area contributed by atoms with Crippen molar-refractivity contribution in [1.82, 2.24) is 9.55 Å². The second kappa shape index (κ2) is 5.97. The van der Waals surface area contributed by atoms with Crippen LogP contribution in [0.4, 0.5) is 5.95 Å². The van der Waals surface area contributed by atoms with E-state index in [1.54, 1.807) is 0 Å². The van der Waals surface area contributed by atoms with Crippen molar-refractivity contribution in [2.75, 3.05) is 11.9 Å². The summed E-state index contributed by atoms with van der Waals surface area (Å²) in [6.45, 7) is 7.20. The number of nitrogens with zero attached hydrogens (tertiary/aromatic N) is 2. The van der Waals surface area contributed by atoms with Crippen molar-refractivity contribution in [3.63, 3.8) is 0 Å². The van der Waals surface area contributed by atoms with Gasteiger partial charge in [0.2, 0.25) is 5.95 Å². The Labute approximate surface area is 127 Å². The van der Waals surface area contributed by atoms with Crippen LogP contribution in [-0.2, 0) is 0 Å². The molecule has 0 aliphatic rings. The summed E-state index contributed by atoms with van der Waals surface area (Å²) < 4.78 is 3.01. The van der Waals surface area contributed by atoms with E-state index in [0.717, 1.165) is 28.3 Å². The van der Waals surface area contributed by atoms with E-state index in [1.165, 1.54) is 0 Å². The summed E-state index contributed by atoms with van der Waals surface area (Å²) >= 11 is 9.63. The van der Waals surface area contributed by atoms with E-state index in [1.807, 2.05) is 35.9 Å². The Morgan fingerprint density at radius 1 is 1.42 bits per heavy atom. The Bertz CT molecular complexity index is 578. The molecule has 0 spiro atoms. The predicted octanol–water partition coefficient (Wildman–Crippen LogP) is 4.66. The minimum absolute atomic E-state index is 0.563. The van der Waals surface area contributed by atoms with Gasteiger partial charge in [-0.15, -0.1) is 0 Å². The van der Waals surface area contributed by atoms with E-state index in [2.05, 4.69) is 40.1 Å². The lowest BCUT2D eigenvalue weighted by Crippen LogP contribution is -2.12. The van der Waals surface area contributed by atoms with Gasteiger partial charge in [0.15, 0.2) is 0 Å². The van der Waals surface area contributed by atoms with E-state index in [0.29, 0.717) is 10.9 Å². The Morgan fingerprint density at radius 3 is 2.84 bits per heavy atom. The van der Waals surface area contributed by atoms with Gasteiger partial charge < -0.3 is 5.32 Å². The number of anilines is 1. The third-order valence-corrected chi connectivity index (χ3v) is 3.57. The number of aromatic nitrogens is 2. The van der Waals surface area contributed by atoms with Gasteiger partial charge in [-0.2, -0.15) is 0 Å². The molecule has 0 radical (unpaired) electrons. The average molecular weight is 343 g/mol. The van der Waals surface area contributed by atoms with Crippen LogP contribution in [0.15, 0.2) is 28.9 Å². The molecule has 1 N–H and O–H groups in total. The number of halogens is 2. The fourth-order valence-electron chi connectivity index (χ4n) is 1.77. The summed E-state index contributed by atoms with van der Waals surface area (Å²) in [5.74, 6) is 1.41. The molecule has 0 atom stereocenters. The third-order valence-electron chi connectivity index (χ3n) is 2.66. The Kier molecular flexibility index (Phi) is 4.53. The Morgan fingerprint density at radius 2 is 2.16 bits per heavy atom. The van der Waals surface area contributed by atoms with Crippen molar-refractivity contribution in [2.24, 2.45) is 5.92 Å². The largest absolute Gasteiger partial charge is 0.355 e. The van der Waals surface area contributed by atoms with Crippen LogP contribution in [0.2, 0.25) is 5.02 Å². The zero-order chi connectivity index (χ0) is 14.0. The van der Waals surface area contributed by atoms with E-state index in [-0.39, 0.29) is 0 Å². The average Bonchev–Trinajstić information content (AvgIpc) is 2.71. The Hall–Kier alpha value is -1.00. The number of hydrogen-bond donors (Lipinski definition) is 1. The quantitative estimate of drug-likeness (QED) is 0.875. The van der Waals surface area contributed by atoms with Crippen molar-refractivity contribution in [2.45, 2.75) is 20.8 Å². The minimum atomic E-state index is 0.563. The van der Waals surface area contributed by atoms with Crippen molar-refractivity contribution in [1.29, 1.82) is 0 Å². The molecule has 0 unspecified atom stereocenters. The predicted molar refractivity (Wildman–Crippen MR) is 84.3 cm³/mol. The highest BCUT2D eigenvalue weighted by Gasteiger charge is 2.11. The summed E-state index contributed by atoms with van der Waals surface area (Å²) in [4.78, 5) is 4.52. The summed E-state index contributed by atoms with van der Waals surface area (Å²) in [6.07, 6.45) is 2.00.